The Morgan fingerprint density at radius 3 is 2.62 bits per heavy atom. The van der Waals surface area contributed by atoms with Gasteiger partial charge >= 0.3 is 0 Å². The first-order valence-electron chi connectivity index (χ1n) is 6.74. The average Bonchev–Trinajstić information content (AvgIpc) is 2.26. The van der Waals surface area contributed by atoms with Crippen LogP contribution in [0.2, 0.25) is 0 Å². The Bertz CT molecular complexity index is 253. The molecule has 1 aliphatic carbocycles. The highest BCUT2D eigenvalue weighted by molar-refractivity contribution is 5.09. The van der Waals surface area contributed by atoms with Crippen LogP contribution in [-0.4, -0.2) is 35.7 Å². The molecular formula is C14H25NO. The van der Waals surface area contributed by atoms with Gasteiger partial charge in [0.25, 0.3) is 0 Å². The highest BCUT2D eigenvalue weighted by Gasteiger charge is 2.26. The van der Waals surface area contributed by atoms with Crippen molar-refractivity contribution in [2.45, 2.75) is 45.6 Å². The van der Waals surface area contributed by atoms with Crippen LogP contribution in [0.1, 0.15) is 39.5 Å². The molecule has 0 radical (unpaired) electrons. The maximum absolute atomic E-state index is 9.50. The van der Waals surface area contributed by atoms with Gasteiger partial charge in [-0.15, -0.1) is 0 Å². The van der Waals surface area contributed by atoms with E-state index in [1.54, 1.807) is 5.57 Å². The smallest absolute Gasteiger partial charge is 0.0564 e. The molecule has 1 N–H and O–H groups in total. The summed E-state index contributed by atoms with van der Waals surface area (Å²) in [6.07, 6.45) is 6.91. The molecule has 1 saturated heterocycles. The van der Waals surface area contributed by atoms with E-state index in [9.17, 15) is 5.11 Å². The summed E-state index contributed by atoms with van der Waals surface area (Å²) in [5.74, 6) is 1.58. The third kappa shape index (κ3) is 2.86. The monoisotopic (exact) mass is 223 g/mol. The van der Waals surface area contributed by atoms with Crippen molar-refractivity contribution in [2.24, 2.45) is 11.8 Å². The van der Waals surface area contributed by atoms with E-state index in [-0.39, 0.29) is 6.10 Å². The lowest BCUT2D eigenvalue weighted by Crippen LogP contribution is -2.40. The number of aliphatic hydroxyl groups excluding tert-OH is 1. The number of likely N-dealkylation sites (tertiary alicyclic amines) is 1. The summed E-state index contributed by atoms with van der Waals surface area (Å²) in [5, 5.41) is 9.50. The molecule has 0 spiro atoms. The number of aliphatic hydroxyl groups is 1. The van der Waals surface area contributed by atoms with Crippen molar-refractivity contribution in [1.29, 1.82) is 0 Å². The molecule has 0 aromatic rings. The fourth-order valence-electron chi connectivity index (χ4n) is 3.08. The topological polar surface area (TPSA) is 23.5 Å². The molecule has 2 heteroatoms. The van der Waals surface area contributed by atoms with Crippen LogP contribution in [0.25, 0.3) is 0 Å². The van der Waals surface area contributed by atoms with Gasteiger partial charge in [0.2, 0.25) is 0 Å². The first-order valence-corrected chi connectivity index (χ1v) is 6.74. The Balaban J connectivity index is 1.88. The van der Waals surface area contributed by atoms with E-state index in [1.807, 2.05) is 0 Å². The Hall–Kier alpha value is -0.340. The molecule has 1 aliphatic heterocycles. The molecular weight excluding hydrogens is 198 g/mol. The van der Waals surface area contributed by atoms with Crippen molar-refractivity contribution in [3.63, 3.8) is 0 Å². The summed E-state index contributed by atoms with van der Waals surface area (Å²) >= 11 is 0. The average molecular weight is 223 g/mol. The fourth-order valence-corrected chi connectivity index (χ4v) is 3.08. The number of rotatable bonds is 2. The van der Waals surface area contributed by atoms with Crippen LogP contribution in [0.3, 0.4) is 0 Å². The number of piperidine rings is 1. The summed E-state index contributed by atoms with van der Waals surface area (Å²) in [5.41, 5.74) is 1.59. The zero-order chi connectivity index (χ0) is 11.5. The van der Waals surface area contributed by atoms with Crippen LogP contribution in [0.15, 0.2) is 11.6 Å². The Kier molecular flexibility index (Phi) is 4.04. The van der Waals surface area contributed by atoms with E-state index in [0.29, 0.717) is 0 Å². The molecule has 2 atom stereocenters. The van der Waals surface area contributed by atoms with E-state index >= 15 is 0 Å². The SMILES string of the molecule is CC1=CCC[C@@H](C)[C@@H]1CN1CCC(O)CC1. The zero-order valence-electron chi connectivity index (χ0n) is 10.7. The molecule has 0 aromatic carbocycles. The molecule has 0 bridgehead atoms. The second-order valence-electron chi connectivity index (χ2n) is 5.64. The maximum Gasteiger partial charge on any atom is 0.0564 e. The van der Waals surface area contributed by atoms with Crippen LogP contribution in [-0.2, 0) is 0 Å². The molecule has 2 nitrogen and oxygen atoms in total. The first kappa shape index (κ1) is 12.1. The van der Waals surface area contributed by atoms with Crippen molar-refractivity contribution < 1.29 is 5.11 Å². The number of hydrogen-bond acceptors (Lipinski definition) is 2. The molecule has 0 unspecified atom stereocenters. The molecule has 1 heterocycles. The van der Waals surface area contributed by atoms with Crippen molar-refractivity contribution in [1.82, 2.24) is 4.90 Å². The minimum Gasteiger partial charge on any atom is -0.393 e. The molecule has 92 valence electrons. The largest absolute Gasteiger partial charge is 0.393 e. The minimum atomic E-state index is -0.0448. The van der Waals surface area contributed by atoms with Crippen LogP contribution < -0.4 is 0 Å². The number of hydrogen-bond donors (Lipinski definition) is 1. The van der Waals surface area contributed by atoms with Gasteiger partial charge in [0.15, 0.2) is 0 Å². The van der Waals surface area contributed by atoms with E-state index in [0.717, 1.165) is 37.8 Å². The van der Waals surface area contributed by atoms with E-state index in [4.69, 9.17) is 0 Å². The van der Waals surface area contributed by atoms with Crippen LogP contribution in [0, 0.1) is 11.8 Å². The summed E-state index contributed by atoms with van der Waals surface area (Å²) < 4.78 is 0. The molecule has 1 fully saturated rings. The summed E-state index contributed by atoms with van der Waals surface area (Å²) in [4.78, 5) is 2.54. The molecule has 16 heavy (non-hydrogen) atoms. The van der Waals surface area contributed by atoms with Gasteiger partial charge in [0.05, 0.1) is 6.10 Å². The fraction of sp³-hybridized carbons (Fsp3) is 0.857. The van der Waals surface area contributed by atoms with Gasteiger partial charge in [-0.05, 0) is 44.4 Å². The third-order valence-electron chi connectivity index (χ3n) is 4.37. The van der Waals surface area contributed by atoms with Crippen LogP contribution in [0.4, 0.5) is 0 Å². The Morgan fingerprint density at radius 2 is 2.00 bits per heavy atom. The van der Waals surface area contributed by atoms with E-state index in [2.05, 4.69) is 24.8 Å². The van der Waals surface area contributed by atoms with Crippen molar-refractivity contribution >= 4 is 0 Å². The molecule has 0 amide bonds. The second kappa shape index (κ2) is 5.33. The zero-order valence-corrected chi connectivity index (χ0v) is 10.7. The lowest BCUT2D eigenvalue weighted by atomic mass is 9.79. The highest BCUT2D eigenvalue weighted by atomic mass is 16.3. The van der Waals surface area contributed by atoms with Gasteiger partial charge in [0.1, 0.15) is 0 Å². The lowest BCUT2D eigenvalue weighted by Gasteiger charge is -2.36. The van der Waals surface area contributed by atoms with Gasteiger partial charge in [-0.1, -0.05) is 18.6 Å². The van der Waals surface area contributed by atoms with Crippen molar-refractivity contribution in [2.75, 3.05) is 19.6 Å². The van der Waals surface area contributed by atoms with Crippen LogP contribution in [0.5, 0.6) is 0 Å². The Labute approximate surface area is 99.3 Å². The van der Waals surface area contributed by atoms with Gasteiger partial charge in [-0.25, -0.2) is 0 Å². The van der Waals surface area contributed by atoms with Crippen molar-refractivity contribution in [3.8, 4) is 0 Å². The predicted molar refractivity (Wildman–Crippen MR) is 67.3 cm³/mol. The van der Waals surface area contributed by atoms with Gasteiger partial charge in [-0.2, -0.15) is 0 Å². The van der Waals surface area contributed by atoms with Gasteiger partial charge in [-0.3, -0.25) is 0 Å². The normalized spacial score (nSPS) is 33.8. The minimum absolute atomic E-state index is 0.0448. The summed E-state index contributed by atoms with van der Waals surface area (Å²) in [6, 6.07) is 0. The first-order chi connectivity index (χ1) is 7.66. The molecule has 2 aliphatic rings. The third-order valence-corrected chi connectivity index (χ3v) is 4.37. The lowest BCUT2D eigenvalue weighted by molar-refractivity contribution is 0.0721. The van der Waals surface area contributed by atoms with Gasteiger partial charge in [0, 0.05) is 19.6 Å². The Morgan fingerprint density at radius 1 is 1.31 bits per heavy atom. The van der Waals surface area contributed by atoms with E-state index < -0.39 is 0 Å². The molecule has 2 rings (SSSR count). The standard InChI is InChI=1S/C14H25NO/c1-11-4-3-5-12(2)14(11)10-15-8-6-13(16)7-9-15/h4,12-14,16H,3,5-10H2,1-2H3/t12-,14-/m1/s1. The molecule has 0 aromatic heterocycles. The summed E-state index contributed by atoms with van der Waals surface area (Å²) in [7, 11) is 0. The van der Waals surface area contributed by atoms with E-state index in [1.165, 1.54) is 19.4 Å². The highest BCUT2D eigenvalue weighted by Crippen LogP contribution is 2.31. The molecule has 0 saturated carbocycles. The number of allylic oxidation sites excluding steroid dienone is 1. The number of nitrogens with zero attached hydrogens (tertiary/aromatic N) is 1. The van der Waals surface area contributed by atoms with Crippen LogP contribution >= 0.6 is 0 Å². The maximum atomic E-state index is 9.50. The summed E-state index contributed by atoms with van der Waals surface area (Å²) in [6.45, 7) is 8.05. The van der Waals surface area contributed by atoms with Gasteiger partial charge < -0.3 is 10.0 Å². The quantitative estimate of drug-likeness (QED) is 0.727. The predicted octanol–water partition coefficient (Wildman–Crippen LogP) is 2.44. The second-order valence-corrected chi connectivity index (χ2v) is 5.64. The van der Waals surface area contributed by atoms with Crippen molar-refractivity contribution in [3.05, 3.63) is 11.6 Å².